The van der Waals surface area contributed by atoms with E-state index in [0.29, 0.717) is 0 Å². The van der Waals surface area contributed by atoms with Crippen molar-refractivity contribution >= 4 is 28.4 Å². The summed E-state index contributed by atoms with van der Waals surface area (Å²) < 4.78 is 0. The first kappa shape index (κ1) is 16.5. The Labute approximate surface area is 153 Å². The number of fused-ring (bicyclic) bond motifs is 1. The SMILES string of the molecule is CC(=O)Nc1ccccc1-c1ccc2ncc(N3CCCCC3)nc2c1. The molecule has 0 radical (unpaired) electrons. The molecule has 0 saturated carbocycles. The van der Waals surface area contributed by atoms with Crippen LogP contribution in [0.4, 0.5) is 11.5 Å². The average molecular weight is 346 g/mol. The van der Waals surface area contributed by atoms with Crippen molar-refractivity contribution in [3.05, 3.63) is 48.7 Å². The second-order valence-electron chi connectivity index (χ2n) is 6.71. The molecule has 5 heteroatoms. The number of amides is 1. The summed E-state index contributed by atoms with van der Waals surface area (Å²) in [5.74, 6) is 0.870. The zero-order valence-electron chi connectivity index (χ0n) is 14.9. The number of piperidine rings is 1. The highest BCUT2D eigenvalue weighted by atomic mass is 16.1. The van der Waals surface area contributed by atoms with E-state index >= 15 is 0 Å². The van der Waals surface area contributed by atoms with Gasteiger partial charge in [-0.25, -0.2) is 4.98 Å². The number of nitrogens with zero attached hydrogens (tertiary/aromatic N) is 3. The minimum atomic E-state index is -0.0783. The fraction of sp³-hybridized carbons (Fsp3) is 0.286. The monoisotopic (exact) mass is 346 g/mol. The van der Waals surface area contributed by atoms with Crippen LogP contribution in [0.1, 0.15) is 26.2 Å². The summed E-state index contributed by atoms with van der Waals surface area (Å²) in [5, 5.41) is 2.90. The molecule has 2 aromatic carbocycles. The topological polar surface area (TPSA) is 58.1 Å². The number of rotatable bonds is 3. The van der Waals surface area contributed by atoms with E-state index in [0.717, 1.165) is 46.8 Å². The highest BCUT2D eigenvalue weighted by Crippen LogP contribution is 2.30. The van der Waals surface area contributed by atoms with Gasteiger partial charge in [0.1, 0.15) is 5.82 Å². The Kier molecular flexibility index (Phi) is 4.52. The van der Waals surface area contributed by atoms with Crippen molar-refractivity contribution in [2.75, 3.05) is 23.3 Å². The first-order valence-electron chi connectivity index (χ1n) is 9.09. The number of carbonyl (C=O) groups excluding carboxylic acids is 1. The normalized spacial score (nSPS) is 14.4. The van der Waals surface area contributed by atoms with Gasteiger partial charge in [-0.2, -0.15) is 0 Å². The number of benzene rings is 2. The van der Waals surface area contributed by atoms with Crippen LogP contribution in [0.15, 0.2) is 48.7 Å². The standard InChI is InChI=1S/C21H22N4O/c1-15(26)23-18-8-4-3-7-17(18)16-9-10-19-20(13-16)24-21(14-22-19)25-11-5-2-6-12-25/h3-4,7-10,13-14H,2,5-6,11-12H2,1H3,(H,23,26). The van der Waals surface area contributed by atoms with Gasteiger partial charge in [0.15, 0.2) is 0 Å². The molecule has 1 aliphatic rings. The molecule has 5 nitrogen and oxygen atoms in total. The number of aromatic nitrogens is 2. The van der Waals surface area contributed by atoms with Gasteiger partial charge >= 0.3 is 0 Å². The summed E-state index contributed by atoms with van der Waals surface area (Å²) in [6.45, 7) is 3.62. The lowest BCUT2D eigenvalue weighted by Gasteiger charge is -2.27. The van der Waals surface area contributed by atoms with Gasteiger partial charge in [0, 0.05) is 31.3 Å². The van der Waals surface area contributed by atoms with Crippen molar-refractivity contribution in [1.82, 2.24) is 9.97 Å². The van der Waals surface area contributed by atoms with Crippen molar-refractivity contribution in [3.63, 3.8) is 0 Å². The molecule has 132 valence electrons. The summed E-state index contributed by atoms with van der Waals surface area (Å²) in [6.07, 6.45) is 5.59. The molecule has 1 saturated heterocycles. The molecular formula is C21H22N4O. The quantitative estimate of drug-likeness (QED) is 0.770. The second-order valence-corrected chi connectivity index (χ2v) is 6.71. The number of para-hydroxylation sites is 1. The molecule has 1 aliphatic heterocycles. The van der Waals surface area contributed by atoms with Crippen LogP contribution in [-0.4, -0.2) is 29.0 Å². The third-order valence-corrected chi connectivity index (χ3v) is 4.76. The molecule has 26 heavy (non-hydrogen) atoms. The van der Waals surface area contributed by atoms with Crippen LogP contribution < -0.4 is 10.2 Å². The Balaban J connectivity index is 1.74. The van der Waals surface area contributed by atoms with E-state index in [1.54, 1.807) is 0 Å². The van der Waals surface area contributed by atoms with Gasteiger partial charge in [0.2, 0.25) is 5.91 Å². The Morgan fingerprint density at radius 3 is 2.65 bits per heavy atom. The number of carbonyl (C=O) groups is 1. The first-order chi connectivity index (χ1) is 12.7. The first-order valence-corrected chi connectivity index (χ1v) is 9.09. The minimum Gasteiger partial charge on any atom is -0.355 e. The third-order valence-electron chi connectivity index (χ3n) is 4.76. The molecule has 0 spiro atoms. The maximum atomic E-state index is 11.5. The highest BCUT2D eigenvalue weighted by Gasteiger charge is 2.14. The molecule has 2 heterocycles. The van der Waals surface area contributed by atoms with E-state index in [-0.39, 0.29) is 5.91 Å². The van der Waals surface area contributed by atoms with Crippen LogP contribution in [0.2, 0.25) is 0 Å². The molecule has 1 amide bonds. The van der Waals surface area contributed by atoms with E-state index < -0.39 is 0 Å². The van der Waals surface area contributed by atoms with Gasteiger partial charge in [-0.1, -0.05) is 24.3 Å². The molecule has 0 bridgehead atoms. The fourth-order valence-electron chi connectivity index (χ4n) is 3.48. The van der Waals surface area contributed by atoms with E-state index in [2.05, 4.69) is 21.3 Å². The summed E-state index contributed by atoms with van der Waals surface area (Å²) >= 11 is 0. The average Bonchev–Trinajstić information content (AvgIpc) is 2.68. The second kappa shape index (κ2) is 7.12. The molecule has 0 atom stereocenters. The van der Waals surface area contributed by atoms with E-state index in [4.69, 9.17) is 4.98 Å². The molecule has 0 aliphatic carbocycles. The lowest BCUT2D eigenvalue weighted by Crippen LogP contribution is -2.30. The van der Waals surface area contributed by atoms with Crippen LogP contribution in [-0.2, 0) is 4.79 Å². The van der Waals surface area contributed by atoms with Crippen LogP contribution in [0, 0.1) is 0 Å². The predicted octanol–water partition coefficient (Wildman–Crippen LogP) is 4.25. The van der Waals surface area contributed by atoms with Crippen molar-refractivity contribution in [1.29, 1.82) is 0 Å². The number of anilines is 2. The molecule has 3 aromatic rings. The maximum absolute atomic E-state index is 11.5. The van der Waals surface area contributed by atoms with Crippen LogP contribution in [0.3, 0.4) is 0 Å². The van der Waals surface area contributed by atoms with Crippen LogP contribution in [0.5, 0.6) is 0 Å². The zero-order chi connectivity index (χ0) is 17.9. The Morgan fingerprint density at radius 2 is 1.85 bits per heavy atom. The zero-order valence-corrected chi connectivity index (χ0v) is 14.9. The summed E-state index contributed by atoms with van der Waals surface area (Å²) in [6, 6.07) is 13.9. The number of hydrogen-bond donors (Lipinski definition) is 1. The van der Waals surface area contributed by atoms with E-state index in [9.17, 15) is 4.79 Å². The van der Waals surface area contributed by atoms with Gasteiger partial charge in [-0.15, -0.1) is 0 Å². The fourth-order valence-corrected chi connectivity index (χ4v) is 3.48. The smallest absolute Gasteiger partial charge is 0.221 e. The summed E-state index contributed by atoms with van der Waals surface area (Å²) in [4.78, 5) is 23.2. The lowest BCUT2D eigenvalue weighted by molar-refractivity contribution is -0.114. The van der Waals surface area contributed by atoms with Crippen molar-refractivity contribution in [3.8, 4) is 11.1 Å². The van der Waals surface area contributed by atoms with E-state index in [1.165, 1.54) is 26.2 Å². The van der Waals surface area contributed by atoms with Gasteiger partial charge < -0.3 is 10.2 Å². The van der Waals surface area contributed by atoms with Crippen LogP contribution >= 0.6 is 0 Å². The van der Waals surface area contributed by atoms with E-state index in [1.807, 2.05) is 42.6 Å². The maximum Gasteiger partial charge on any atom is 0.221 e. The van der Waals surface area contributed by atoms with Crippen molar-refractivity contribution in [2.45, 2.75) is 26.2 Å². The molecular weight excluding hydrogens is 324 g/mol. The minimum absolute atomic E-state index is 0.0783. The largest absolute Gasteiger partial charge is 0.355 e. The summed E-state index contributed by atoms with van der Waals surface area (Å²) in [7, 11) is 0. The molecule has 1 N–H and O–H groups in total. The van der Waals surface area contributed by atoms with Gasteiger partial charge in [-0.05, 0) is 43.0 Å². The summed E-state index contributed by atoms with van der Waals surface area (Å²) in [5.41, 5.74) is 4.57. The predicted molar refractivity (Wildman–Crippen MR) is 105 cm³/mol. The van der Waals surface area contributed by atoms with Gasteiger partial charge in [0.05, 0.1) is 17.2 Å². The molecule has 0 unspecified atom stereocenters. The Morgan fingerprint density at radius 1 is 1.04 bits per heavy atom. The number of hydrogen-bond acceptors (Lipinski definition) is 4. The van der Waals surface area contributed by atoms with Gasteiger partial charge in [-0.3, -0.25) is 9.78 Å². The lowest BCUT2D eigenvalue weighted by atomic mass is 10.0. The highest BCUT2D eigenvalue weighted by molar-refractivity contribution is 5.95. The third kappa shape index (κ3) is 3.38. The van der Waals surface area contributed by atoms with Crippen LogP contribution in [0.25, 0.3) is 22.2 Å². The Bertz CT molecular complexity index is 948. The Hall–Kier alpha value is -2.95. The van der Waals surface area contributed by atoms with Crippen molar-refractivity contribution < 1.29 is 4.79 Å². The van der Waals surface area contributed by atoms with Crippen molar-refractivity contribution in [2.24, 2.45) is 0 Å². The number of nitrogens with one attached hydrogen (secondary N) is 1. The molecule has 1 fully saturated rings. The van der Waals surface area contributed by atoms with Gasteiger partial charge in [0.25, 0.3) is 0 Å². The molecule has 4 rings (SSSR count). The molecule has 1 aromatic heterocycles.